The quantitative estimate of drug-likeness (QED) is 0.641. The molecule has 1 aromatic heterocycles. The second kappa shape index (κ2) is 10.7. The van der Waals surface area contributed by atoms with Crippen LogP contribution >= 0.6 is 0 Å². The minimum Gasteiger partial charge on any atom is -0.379 e. The molecule has 8 nitrogen and oxygen atoms in total. The van der Waals surface area contributed by atoms with Gasteiger partial charge >= 0.3 is 0 Å². The lowest BCUT2D eigenvalue weighted by Crippen LogP contribution is -2.66. The highest BCUT2D eigenvalue weighted by atomic mass is 16.5. The molecule has 1 aliphatic carbocycles. The van der Waals surface area contributed by atoms with E-state index in [1.54, 1.807) is 9.58 Å². The first kappa shape index (κ1) is 25.0. The summed E-state index contributed by atoms with van der Waals surface area (Å²) < 4.78 is 7.23. The fourth-order valence-corrected chi connectivity index (χ4v) is 5.70. The lowest BCUT2D eigenvalue weighted by atomic mass is 9.91. The van der Waals surface area contributed by atoms with Crippen LogP contribution in [0, 0.1) is 0 Å². The molecule has 0 spiro atoms. The van der Waals surface area contributed by atoms with Crippen molar-refractivity contribution >= 4 is 11.8 Å². The molecule has 1 N–H and O–H groups in total. The average Bonchev–Trinajstić information content (AvgIpc) is 3.33. The Kier molecular flexibility index (Phi) is 7.44. The number of rotatable bonds is 7. The van der Waals surface area contributed by atoms with Gasteiger partial charge in [0.2, 0.25) is 5.91 Å². The van der Waals surface area contributed by atoms with E-state index in [0.29, 0.717) is 32.0 Å². The fraction of sp³-hybridized carbons (Fsp3) is 0.607. The summed E-state index contributed by atoms with van der Waals surface area (Å²) in [6.45, 7) is 8.73. The summed E-state index contributed by atoms with van der Waals surface area (Å²) in [4.78, 5) is 31.8. The van der Waals surface area contributed by atoms with E-state index < -0.39 is 5.54 Å². The van der Waals surface area contributed by atoms with Gasteiger partial charge in [0.25, 0.3) is 5.91 Å². The third-order valence-electron chi connectivity index (χ3n) is 8.13. The number of carbonyl (C=O) groups is 2. The SMILES string of the molecule is CCc1ccc(-c2cc3n(n2)C[C@@](C)(C(=O)NC2CCCCC2)N(CCN2CCOCC2)C3=O)cc1. The number of fused-ring (bicyclic) bond motifs is 1. The third-order valence-corrected chi connectivity index (χ3v) is 8.13. The van der Waals surface area contributed by atoms with Crippen molar-refractivity contribution < 1.29 is 14.3 Å². The fourth-order valence-electron chi connectivity index (χ4n) is 5.70. The molecule has 2 aliphatic heterocycles. The molecular formula is C28H39N5O3. The maximum atomic E-state index is 13.9. The Bertz CT molecular complexity index is 1070. The minimum absolute atomic E-state index is 0.0697. The van der Waals surface area contributed by atoms with Crippen LogP contribution in [0.5, 0.6) is 0 Å². The number of morpholine rings is 1. The van der Waals surface area contributed by atoms with Gasteiger partial charge < -0.3 is 15.0 Å². The first-order valence-corrected chi connectivity index (χ1v) is 13.6. The van der Waals surface area contributed by atoms with E-state index in [1.165, 1.54) is 12.0 Å². The van der Waals surface area contributed by atoms with Crippen molar-refractivity contribution in [2.75, 3.05) is 39.4 Å². The molecule has 1 saturated carbocycles. The molecular weight excluding hydrogens is 454 g/mol. The molecule has 1 aromatic carbocycles. The molecule has 3 heterocycles. The number of ether oxygens (including phenoxy) is 1. The number of hydrogen-bond donors (Lipinski definition) is 1. The largest absolute Gasteiger partial charge is 0.379 e. The van der Waals surface area contributed by atoms with Crippen molar-refractivity contribution in [3.05, 3.63) is 41.6 Å². The van der Waals surface area contributed by atoms with Crippen LogP contribution in [0.1, 0.15) is 62.0 Å². The van der Waals surface area contributed by atoms with E-state index in [9.17, 15) is 9.59 Å². The summed E-state index contributed by atoms with van der Waals surface area (Å²) in [6, 6.07) is 10.4. The van der Waals surface area contributed by atoms with Crippen molar-refractivity contribution in [1.29, 1.82) is 0 Å². The summed E-state index contributed by atoms with van der Waals surface area (Å²) in [7, 11) is 0. The predicted octanol–water partition coefficient (Wildman–Crippen LogP) is 3.11. The number of nitrogens with one attached hydrogen (secondary N) is 1. The standard InChI is InChI=1S/C28H39N5O3/c1-3-21-9-11-22(12-10-21)24-19-25-26(34)32(14-13-31-15-17-36-18-16-31)28(2,20-33(25)30-24)27(35)29-23-7-5-4-6-8-23/h9-12,19,23H,3-8,13-18,20H2,1-2H3,(H,29,35)/t28-/m0/s1. The summed E-state index contributed by atoms with van der Waals surface area (Å²) in [5.74, 6) is -0.195. The second-order valence-electron chi connectivity index (χ2n) is 10.6. The monoisotopic (exact) mass is 493 g/mol. The lowest BCUT2D eigenvalue weighted by Gasteiger charge is -2.44. The number of benzene rings is 1. The predicted molar refractivity (Wildman–Crippen MR) is 139 cm³/mol. The molecule has 0 unspecified atom stereocenters. The number of hydrogen-bond acceptors (Lipinski definition) is 5. The summed E-state index contributed by atoms with van der Waals surface area (Å²) >= 11 is 0. The van der Waals surface area contributed by atoms with Crippen molar-refractivity contribution in [2.45, 2.75) is 70.5 Å². The first-order chi connectivity index (χ1) is 17.5. The Morgan fingerprint density at radius 3 is 2.53 bits per heavy atom. The van der Waals surface area contributed by atoms with E-state index in [4.69, 9.17) is 9.84 Å². The zero-order valence-electron chi connectivity index (χ0n) is 21.7. The molecule has 3 aliphatic rings. The Morgan fingerprint density at radius 1 is 1.11 bits per heavy atom. The zero-order chi connectivity index (χ0) is 25.1. The highest BCUT2D eigenvalue weighted by Gasteiger charge is 2.48. The first-order valence-electron chi connectivity index (χ1n) is 13.6. The summed E-state index contributed by atoms with van der Waals surface area (Å²) in [5.41, 5.74) is 2.57. The van der Waals surface area contributed by atoms with Crippen LogP contribution in [0.4, 0.5) is 0 Å². The van der Waals surface area contributed by atoms with E-state index in [2.05, 4.69) is 41.4 Å². The van der Waals surface area contributed by atoms with Gasteiger partial charge in [0.05, 0.1) is 25.5 Å². The Hall–Kier alpha value is -2.71. The summed E-state index contributed by atoms with van der Waals surface area (Å²) in [6.07, 6.45) is 6.51. The average molecular weight is 494 g/mol. The van der Waals surface area contributed by atoms with Gasteiger partial charge in [-0.05, 0) is 37.8 Å². The van der Waals surface area contributed by atoms with Crippen molar-refractivity contribution in [2.24, 2.45) is 0 Å². The van der Waals surface area contributed by atoms with Gasteiger partial charge in [0.15, 0.2) is 0 Å². The van der Waals surface area contributed by atoms with Gasteiger partial charge in [-0.1, -0.05) is 50.5 Å². The Balaban J connectivity index is 1.42. The lowest BCUT2D eigenvalue weighted by molar-refractivity contribution is -0.134. The highest BCUT2D eigenvalue weighted by Crippen LogP contribution is 2.31. The molecule has 2 aromatic rings. The number of aromatic nitrogens is 2. The Morgan fingerprint density at radius 2 is 1.83 bits per heavy atom. The van der Waals surface area contributed by atoms with E-state index in [0.717, 1.165) is 63.0 Å². The van der Waals surface area contributed by atoms with Crippen LogP contribution in [-0.2, 0) is 22.5 Å². The molecule has 36 heavy (non-hydrogen) atoms. The molecule has 5 rings (SSSR count). The van der Waals surface area contributed by atoms with Crippen molar-refractivity contribution in [3.8, 4) is 11.3 Å². The van der Waals surface area contributed by atoms with Crippen LogP contribution < -0.4 is 5.32 Å². The summed E-state index contributed by atoms with van der Waals surface area (Å²) in [5, 5.41) is 8.09. The van der Waals surface area contributed by atoms with Crippen LogP contribution in [0.15, 0.2) is 30.3 Å². The number of carbonyl (C=O) groups excluding carboxylic acids is 2. The second-order valence-corrected chi connectivity index (χ2v) is 10.6. The van der Waals surface area contributed by atoms with Crippen LogP contribution in [-0.4, -0.2) is 82.4 Å². The van der Waals surface area contributed by atoms with Crippen LogP contribution in [0.3, 0.4) is 0 Å². The normalized spacial score (nSPS) is 23.5. The maximum absolute atomic E-state index is 13.9. The minimum atomic E-state index is -0.997. The molecule has 1 atom stereocenters. The van der Waals surface area contributed by atoms with Crippen molar-refractivity contribution in [3.63, 3.8) is 0 Å². The van der Waals surface area contributed by atoms with Gasteiger partial charge in [-0.2, -0.15) is 5.10 Å². The maximum Gasteiger partial charge on any atom is 0.273 e. The van der Waals surface area contributed by atoms with Crippen LogP contribution in [0.2, 0.25) is 0 Å². The van der Waals surface area contributed by atoms with Gasteiger partial charge in [-0.15, -0.1) is 0 Å². The molecule has 0 bridgehead atoms. The van der Waals surface area contributed by atoms with Gasteiger partial charge in [-0.3, -0.25) is 19.2 Å². The molecule has 194 valence electrons. The molecule has 0 radical (unpaired) electrons. The molecule has 2 fully saturated rings. The van der Waals surface area contributed by atoms with E-state index in [1.807, 2.05) is 13.0 Å². The van der Waals surface area contributed by atoms with Gasteiger partial charge in [-0.25, -0.2) is 0 Å². The third kappa shape index (κ3) is 5.06. The Labute approximate surface area is 214 Å². The van der Waals surface area contributed by atoms with Gasteiger partial charge in [0, 0.05) is 37.8 Å². The molecule has 2 amide bonds. The topological polar surface area (TPSA) is 79.7 Å². The molecule has 8 heteroatoms. The van der Waals surface area contributed by atoms with Crippen LogP contribution in [0.25, 0.3) is 11.3 Å². The number of aryl methyl sites for hydroxylation is 1. The number of nitrogens with zero attached hydrogens (tertiary/aromatic N) is 4. The van der Waals surface area contributed by atoms with E-state index in [-0.39, 0.29) is 17.9 Å². The molecule has 1 saturated heterocycles. The number of amides is 2. The van der Waals surface area contributed by atoms with Gasteiger partial charge in [0.1, 0.15) is 11.2 Å². The highest BCUT2D eigenvalue weighted by molar-refractivity contribution is 6.00. The van der Waals surface area contributed by atoms with Crippen molar-refractivity contribution in [1.82, 2.24) is 24.9 Å². The zero-order valence-corrected chi connectivity index (χ0v) is 21.7. The smallest absolute Gasteiger partial charge is 0.273 e. The van der Waals surface area contributed by atoms with E-state index >= 15 is 0 Å².